The Labute approximate surface area is 89.2 Å². The molecule has 0 atom stereocenters. The summed E-state index contributed by atoms with van der Waals surface area (Å²) in [6.45, 7) is 0.581. The largest absolute Gasteiger partial charge is 0.387 e. The van der Waals surface area contributed by atoms with Crippen molar-refractivity contribution in [2.24, 2.45) is 16.6 Å². The van der Waals surface area contributed by atoms with E-state index >= 15 is 0 Å². The molecule has 1 saturated carbocycles. The maximum atomic E-state index is 8.73. The Morgan fingerprint density at radius 2 is 2.33 bits per heavy atom. The third kappa shape index (κ3) is 2.57. The maximum absolute atomic E-state index is 8.73. The van der Waals surface area contributed by atoms with Crippen molar-refractivity contribution in [1.82, 2.24) is 0 Å². The van der Waals surface area contributed by atoms with E-state index in [0.29, 0.717) is 18.0 Å². The summed E-state index contributed by atoms with van der Waals surface area (Å²) in [5, 5.41) is 8.73. The number of nitrogens with two attached hydrogens (primary N) is 1. The van der Waals surface area contributed by atoms with Crippen LogP contribution in [-0.4, -0.2) is 5.84 Å². The second-order valence-electron chi connectivity index (χ2n) is 3.83. The summed E-state index contributed by atoms with van der Waals surface area (Å²) in [6, 6.07) is 9.58. The molecule has 2 N–H and O–H groups in total. The molecule has 1 aliphatic rings. The highest BCUT2D eigenvalue weighted by molar-refractivity contribution is 5.84. The highest BCUT2D eigenvalue weighted by Crippen LogP contribution is 2.28. The first kappa shape index (κ1) is 9.72. The lowest BCUT2D eigenvalue weighted by molar-refractivity contribution is 1.02. The second kappa shape index (κ2) is 4.14. The average Bonchev–Trinajstić information content (AvgIpc) is 3.10. The van der Waals surface area contributed by atoms with E-state index < -0.39 is 0 Å². The number of nitrogens with zero attached hydrogens (tertiary/aromatic N) is 2. The van der Waals surface area contributed by atoms with Gasteiger partial charge in [0.15, 0.2) is 0 Å². The van der Waals surface area contributed by atoms with Crippen molar-refractivity contribution in [1.29, 1.82) is 5.26 Å². The summed E-state index contributed by atoms with van der Waals surface area (Å²) in [6.07, 6.45) is 2.35. The standard InChI is InChI=1S/C12H13N3/c13-7-9-2-1-3-10(6-9)8-15-12(14)11-4-5-11/h1-3,6,11H,4-5,8H2,(H2,14,15). The first-order chi connectivity index (χ1) is 7.29. The Morgan fingerprint density at radius 1 is 1.53 bits per heavy atom. The average molecular weight is 199 g/mol. The number of hydrogen-bond donors (Lipinski definition) is 1. The Hall–Kier alpha value is -1.82. The van der Waals surface area contributed by atoms with Crippen molar-refractivity contribution in [3.05, 3.63) is 35.4 Å². The minimum absolute atomic E-state index is 0.518. The van der Waals surface area contributed by atoms with E-state index in [1.165, 1.54) is 12.8 Å². The Bertz CT molecular complexity index is 425. The van der Waals surface area contributed by atoms with Crippen LogP contribution in [-0.2, 0) is 6.54 Å². The van der Waals surface area contributed by atoms with Gasteiger partial charge < -0.3 is 5.73 Å². The molecule has 0 saturated heterocycles. The summed E-state index contributed by atoms with van der Waals surface area (Å²) >= 11 is 0. The predicted molar refractivity (Wildman–Crippen MR) is 59.2 cm³/mol. The van der Waals surface area contributed by atoms with Crippen molar-refractivity contribution in [3.8, 4) is 6.07 Å². The molecule has 1 aromatic carbocycles. The van der Waals surface area contributed by atoms with Crippen molar-refractivity contribution in [2.75, 3.05) is 0 Å². The quantitative estimate of drug-likeness (QED) is 0.596. The number of hydrogen-bond acceptors (Lipinski definition) is 2. The first-order valence-corrected chi connectivity index (χ1v) is 5.08. The lowest BCUT2D eigenvalue weighted by Gasteiger charge is -1.99. The molecule has 0 bridgehead atoms. The Kier molecular flexibility index (Phi) is 2.68. The molecular formula is C12H13N3. The number of nitriles is 1. The fraction of sp³-hybridized carbons (Fsp3) is 0.333. The lowest BCUT2D eigenvalue weighted by Crippen LogP contribution is -2.14. The zero-order valence-electron chi connectivity index (χ0n) is 8.48. The highest BCUT2D eigenvalue weighted by Gasteiger charge is 2.25. The van der Waals surface area contributed by atoms with E-state index in [4.69, 9.17) is 11.0 Å². The molecule has 1 aromatic rings. The van der Waals surface area contributed by atoms with Gasteiger partial charge in [-0.1, -0.05) is 12.1 Å². The first-order valence-electron chi connectivity index (χ1n) is 5.08. The maximum Gasteiger partial charge on any atom is 0.0991 e. The lowest BCUT2D eigenvalue weighted by atomic mass is 10.1. The van der Waals surface area contributed by atoms with Crippen LogP contribution in [0.15, 0.2) is 29.3 Å². The molecule has 1 aliphatic carbocycles. The molecule has 76 valence electrons. The molecule has 0 aliphatic heterocycles. The molecule has 1 fully saturated rings. The summed E-state index contributed by atoms with van der Waals surface area (Å²) < 4.78 is 0. The van der Waals surface area contributed by atoms with E-state index in [2.05, 4.69) is 11.1 Å². The molecular weight excluding hydrogens is 186 g/mol. The Balaban J connectivity index is 2.04. The summed E-state index contributed by atoms with van der Waals surface area (Å²) in [7, 11) is 0. The fourth-order valence-electron chi connectivity index (χ4n) is 1.43. The monoisotopic (exact) mass is 199 g/mol. The van der Waals surface area contributed by atoms with Crippen LogP contribution in [0.1, 0.15) is 24.0 Å². The van der Waals surface area contributed by atoms with Gasteiger partial charge in [-0.05, 0) is 30.5 Å². The molecule has 3 heteroatoms. The van der Waals surface area contributed by atoms with Crippen LogP contribution < -0.4 is 5.73 Å². The highest BCUT2D eigenvalue weighted by atomic mass is 14.9. The van der Waals surface area contributed by atoms with Gasteiger partial charge in [-0.3, -0.25) is 4.99 Å². The van der Waals surface area contributed by atoms with Crippen LogP contribution in [0.5, 0.6) is 0 Å². The molecule has 0 spiro atoms. The summed E-state index contributed by atoms with van der Waals surface area (Å²) in [4.78, 5) is 4.32. The third-order valence-corrected chi connectivity index (χ3v) is 2.50. The van der Waals surface area contributed by atoms with Crippen LogP contribution in [0.3, 0.4) is 0 Å². The molecule has 15 heavy (non-hydrogen) atoms. The van der Waals surface area contributed by atoms with Gasteiger partial charge in [-0.15, -0.1) is 0 Å². The van der Waals surface area contributed by atoms with Gasteiger partial charge in [0.1, 0.15) is 0 Å². The number of benzene rings is 1. The summed E-state index contributed by atoms with van der Waals surface area (Å²) in [5.74, 6) is 1.28. The van der Waals surface area contributed by atoms with E-state index in [9.17, 15) is 0 Å². The van der Waals surface area contributed by atoms with Gasteiger partial charge in [0.2, 0.25) is 0 Å². The third-order valence-electron chi connectivity index (χ3n) is 2.50. The van der Waals surface area contributed by atoms with Crippen molar-refractivity contribution in [2.45, 2.75) is 19.4 Å². The molecule has 2 rings (SSSR count). The van der Waals surface area contributed by atoms with Gasteiger partial charge >= 0.3 is 0 Å². The van der Waals surface area contributed by atoms with Crippen LogP contribution >= 0.6 is 0 Å². The normalized spacial score (nSPS) is 16.1. The van der Waals surface area contributed by atoms with E-state index in [0.717, 1.165) is 11.4 Å². The number of amidine groups is 1. The second-order valence-corrected chi connectivity index (χ2v) is 3.83. The molecule has 0 radical (unpaired) electrons. The topological polar surface area (TPSA) is 62.2 Å². The smallest absolute Gasteiger partial charge is 0.0991 e. The minimum atomic E-state index is 0.518. The van der Waals surface area contributed by atoms with E-state index in [-0.39, 0.29) is 0 Å². The van der Waals surface area contributed by atoms with Gasteiger partial charge in [0.25, 0.3) is 0 Å². The molecule has 3 nitrogen and oxygen atoms in total. The number of aliphatic imine (C=N–C) groups is 1. The van der Waals surface area contributed by atoms with Crippen molar-refractivity contribution in [3.63, 3.8) is 0 Å². The van der Waals surface area contributed by atoms with Crippen molar-refractivity contribution < 1.29 is 0 Å². The summed E-state index contributed by atoms with van der Waals surface area (Å²) in [5.41, 5.74) is 7.50. The number of rotatable bonds is 3. The Morgan fingerprint density at radius 3 is 3.00 bits per heavy atom. The van der Waals surface area contributed by atoms with Crippen LogP contribution in [0.2, 0.25) is 0 Å². The van der Waals surface area contributed by atoms with E-state index in [1.54, 1.807) is 6.07 Å². The van der Waals surface area contributed by atoms with Crippen molar-refractivity contribution >= 4 is 5.84 Å². The zero-order valence-corrected chi connectivity index (χ0v) is 8.48. The molecule has 0 unspecified atom stereocenters. The van der Waals surface area contributed by atoms with Crippen LogP contribution in [0.25, 0.3) is 0 Å². The molecule has 0 amide bonds. The fourth-order valence-corrected chi connectivity index (χ4v) is 1.43. The zero-order chi connectivity index (χ0) is 10.7. The van der Waals surface area contributed by atoms with Gasteiger partial charge in [-0.25, -0.2) is 0 Å². The predicted octanol–water partition coefficient (Wildman–Crippen LogP) is 1.83. The minimum Gasteiger partial charge on any atom is -0.387 e. The molecule has 0 heterocycles. The van der Waals surface area contributed by atoms with Gasteiger partial charge in [-0.2, -0.15) is 5.26 Å². The van der Waals surface area contributed by atoms with Crippen LogP contribution in [0.4, 0.5) is 0 Å². The van der Waals surface area contributed by atoms with Crippen LogP contribution in [0, 0.1) is 17.2 Å². The van der Waals surface area contributed by atoms with Gasteiger partial charge in [0, 0.05) is 5.92 Å². The molecule has 0 aromatic heterocycles. The van der Waals surface area contributed by atoms with E-state index in [1.807, 2.05) is 18.2 Å². The van der Waals surface area contributed by atoms with Gasteiger partial charge in [0.05, 0.1) is 24.0 Å². The SMILES string of the molecule is N#Cc1cccc(CN=C(N)C2CC2)c1.